The van der Waals surface area contributed by atoms with Crippen LogP contribution in [0.1, 0.15) is 11.1 Å². The van der Waals surface area contributed by atoms with E-state index in [4.69, 9.17) is 45.9 Å². The molecule has 0 aromatic heterocycles. The van der Waals surface area contributed by atoms with Crippen molar-refractivity contribution in [2.24, 2.45) is 5.73 Å². The van der Waals surface area contributed by atoms with Crippen LogP contribution in [0, 0.1) is 5.82 Å². The maximum absolute atomic E-state index is 14.1. The van der Waals surface area contributed by atoms with Gasteiger partial charge in [0, 0.05) is 22.2 Å². The maximum Gasteiger partial charge on any atom is 0.139 e. The molecule has 0 amide bonds. The van der Waals surface area contributed by atoms with Crippen LogP contribution in [0.15, 0.2) is 36.4 Å². The molecule has 0 aliphatic heterocycles. The number of thiocarbonyl (C=S) groups is 1. The van der Waals surface area contributed by atoms with E-state index in [2.05, 4.69) is 0 Å². The van der Waals surface area contributed by atoms with Crippen molar-refractivity contribution >= 4 is 40.4 Å². The lowest BCUT2D eigenvalue weighted by molar-refractivity contribution is 0.300. The van der Waals surface area contributed by atoms with Gasteiger partial charge in [0.2, 0.25) is 0 Å². The number of hydrogen-bond acceptors (Lipinski definition) is 2. The van der Waals surface area contributed by atoms with Crippen molar-refractivity contribution in [3.63, 3.8) is 0 Å². The maximum atomic E-state index is 14.1. The van der Waals surface area contributed by atoms with E-state index in [1.807, 2.05) is 0 Å². The average Bonchev–Trinajstić information content (AvgIpc) is 2.41. The van der Waals surface area contributed by atoms with Crippen LogP contribution < -0.4 is 10.5 Å². The smallest absolute Gasteiger partial charge is 0.139 e. The van der Waals surface area contributed by atoms with E-state index in [9.17, 15) is 4.39 Å². The first-order valence-corrected chi connectivity index (χ1v) is 6.80. The second-order valence-corrected chi connectivity index (χ2v) is 5.29. The van der Waals surface area contributed by atoms with Crippen molar-refractivity contribution < 1.29 is 9.13 Å². The highest BCUT2D eigenvalue weighted by Crippen LogP contribution is 2.28. The molecule has 0 saturated heterocycles. The van der Waals surface area contributed by atoms with E-state index in [0.29, 0.717) is 21.4 Å². The molecule has 2 N–H and O–H groups in total. The topological polar surface area (TPSA) is 35.2 Å². The zero-order valence-electron chi connectivity index (χ0n) is 10.2. The van der Waals surface area contributed by atoms with Crippen LogP contribution in [0.2, 0.25) is 10.0 Å². The molecule has 0 heterocycles. The van der Waals surface area contributed by atoms with E-state index < -0.39 is 5.82 Å². The number of halogens is 3. The lowest BCUT2D eigenvalue weighted by Crippen LogP contribution is -2.13. The van der Waals surface area contributed by atoms with Crippen LogP contribution in [0.25, 0.3) is 0 Å². The predicted molar refractivity (Wildman–Crippen MR) is 83.1 cm³/mol. The number of benzene rings is 2. The van der Waals surface area contributed by atoms with Gasteiger partial charge in [0.05, 0.1) is 5.02 Å². The van der Waals surface area contributed by atoms with E-state index in [0.717, 1.165) is 0 Å². The van der Waals surface area contributed by atoms with E-state index >= 15 is 0 Å². The Bertz CT molecular complexity index is 664. The SMILES string of the molecule is NC(=S)c1cccc(COc2cc(Cl)ccc2Cl)c1F. The summed E-state index contributed by atoms with van der Waals surface area (Å²) in [5.74, 6) is -0.0996. The molecule has 0 radical (unpaired) electrons. The fourth-order valence-corrected chi connectivity index (χ4v) is 2.12. The van der Waals surface area contributed by atoms with Gasteiger partial charge < -0.3 is 10.5 Å². The molecule has 0 bridgehead atoms. The number of hydrogen-bond donors (Lipinski definition) is 1. The standard InChI is InChI=1S/C14H10Cl2FNOS/c15-9-4-5-11(16)12(6-9)19-7-8-2-1-3-10(13(8)17)14(18)20/h1-6H,7H2,(H2,18,20). The molecule has 0 fully saturated rings. The summed E-state index contributed by atoms with van der Waals surface area (Å²) < 4.78 is 19.6. The second kappa shape index (κ2) is 6.39. The Morgan fingerprint density at radius 2 is 2.00 bits per heavy atom. The van der Waals surface area contributed by atoms with E-state index in [1.165, 1.54) is 6.07 Å². The Kier molecular flexibility index (Phi) is 4.81. The van der Waals surface area contributed by atoms with Crippen molar-refractivity contribution in [1.82, 2.24) is 0 Å². The Labute approximate surface area is 131 Å². The van der Waals surface area contributed by atoms with Crippen molar-refractivity contribution in [3.05, 3.63) is 63.4 Å². The number of ether oxygens (including phenoxy) is 1. The fourth-order valence-electron chi connectivity index (χ4n) is 1.62. The highest BCUT2D eigenvalue weighted by atomic mass is 35.5. The molecule has 0 aliphatic carbocycles. The normalized spacial score (nSPS) is 10.3. The summed E-state index contributed by atoms with van der Waals surface area (Å²) in [6.45, 7) is 0.00233. The summed E-state index contributed by atoms with van der Waals surface area (Å²) >= 11 is 16.6. The van der Waals surface area contributed by atoms with Gasteiger partial charge in [-0.3, -0.25) is 0 Å². The molecule has 104 valence electrons. The third kappa shape index (κ3) is 3.39. The van der Waals surface area contributed by atoms with Gasteiger partial charge in [-0.1, -0.05) is 47.6 Å². The molecule has 2 aromatic rings. The number of rotatable bonds is 4. The molecule has 2 rings (SSSR count). The Hall–Kier alpha value is -1.36. The van der Waals surface area contributed by atoms with Gasteiger partial charge in [-0.05, 0) is 18.2 Å². The van der Waals surface area contributed by atoms with Crippen LogP contribution in [0.5, 0.6) is 5.75 Å². The fraction of sp³-hybridized carbons (Fsp3) is 0.0714. The summed E-state index contributed by atoms with van der Waals surface area (Å²) in [4.78, 5) is 0.00476. The number of nitrogens with two attached hydrogens (primary N) is 1. The second-order valence-electron chi connectivity index (χ2n) is 4.01. The zero-order valence-corrected chi connectivity index (χ0v) is 12.5. The van der Waals surface area contributed by atoms with Gasteiger partial charge in [0.15, 0.2) is 0 Å². The van der Waals surface area contributed by atoms with Gasteiger partial charge in [0.25, 0.3) is 0 Å². The minimum Gasteiger partial charge on any atom is -0.487 e. The Morgan fingerprint density at radius 3 is 2.70 bits per heavy atom. The van der Waals surface area contributed by atoms with Crippen molar-refractivity contribution in [3.8, 4) is 5.75 Å². The van der Waals surface area contributed by atoms with E-state index in [-0.39, 0.29) is 17.2 Å². The monoisotopic (exact) mass is 329 g/mol. The molecule has 0 saturated carbocycles. The summed E-state index contributed by atoms with van der Waals surface area (Å²) in [6.07, 6.45) is 0. The first-order valence-electron chi connectivity index (χ1n) is 5.64. The van der Waals surface area contributed by atoms with Crippen molar-refractivity contribution in [2.45, 2.75) is 6.61 Å². The first-order chi connectivity index (χ1) is 9.49. The van der Waals surface area contributed by atoms with Crippen LogP contribution in [-0.2, 0) is 6.61 Å². The zero-order chi connectivity index (χ0) is 14.7. The Morgan fingerprint density at radius 1 is 1.25 bits per heavy atom. The molecule has 6 heteroatoms. The first kappa shape index (κ1) is 15.0. The summed E-state index contributed by atoms with van der Waals surface area (Å²) in [6, 6.07) is 9.60. The van der Waals surface area contributed by atoms with E-state index in [1.54, 1.807) is 30.3 Å². The predicted octanol–water partition coefficient (Wildman–Crippen LogP) is 4.35. The summed E-state index contributed by atoms with van der Waals surface area (Å²) in [5.41, 5.74) is 5.98. The van der Waals surface area contributed by atoms with Crippen molar-refractivity contribution in [2.75, 3.05) is 0 Å². The molecule has 0 aliphatic rings. The van der Waals surface area contributed by atoms with Gasteiger partial charge in [-0.15, -0.1) is 0 Å². The highest BCUT2D eigenvalue weighted by molar-refractivity contribution is 7.80. The molecular weight excluding hydrogens is 320 g/mol. The van der Waals surface area contributed by atoms with Gasteiger partial charge in [-0.25, -0.2) is 4.39 Å². The third-order valence-corrected chi connectivity index (χ3v) is 3.39. The minimum atomic E-state index is -0.488. The van der Waals surface area contributed by atoms with Crippen LogP contribution in [0.3, 0.4) is 0 Å². The highest BCUT2D eigenvalue weighted by Gasteiger charge is 2.11. The Balaban J connectivity index is 2.21. The molecule has 2 aromatic carbocycles. The molecule has 2 nitrogen and oxygen atoms in total. The van der Waals surface area contributed by atoms with Gasteiger partial charge >= 0.3 is 0 Å². The lowest BCUT2D eigenvalue weighted by Gasteiger charge is -2.10. The molecule has 0 spiro atoms. The molecule has 20 heavy (non-hydrogen) atoms. The molecule has 0 unspecified atom stereocenters. The summed E-state index contributed by atoms with van der Waals surface area (Å²) in [7, 11) is 0. The van der Waals surface area contributed by atoms with Gasteiger partial charge in [0.1, 0.15) is 23.2 Å². The average molecular weight is 330 g/mol. The van der Waals surface area contributed by atoms with Crippen LogP contribution in [-0.4, -0.2) is 4.99 Å². The van der Waals surface area contributed by atoms with Crippen LogP contribution in [0.4, 0.5) is 4.39 Å². The quantitative estimate of drug-likeness (QED) is 0.847. The lowest BCUT2D eigenvalue weighted by atomic mass is 10.1. The molecule has 0 atom stereocenters. The third-order valence-electron chi connectivity index (χ3n) is 2.62. The van der Waals surface area contributed by atoms with Gasteiger partial charge in [-0.2, -0.15) is 0 Å². The largest absolute Gasteiger partial charge is 0.487 e. The minimum absolute atomic E-state index is 0.00233. The molecular formula is C14H10Cl2FNOS. The van der Waals surface area contributed by atoms with Crippen LogP contribution >= 0.6 is 35.4 Å². The summed E-state index contributed by atoms with van der Waals surface area (Å²) in [5, 5.41) is 0.891. The van der Waals surface area contributed by atoms with Crippen molar-refractivity contribution in [1.29, 1.82) is 0 Å².